The van der Waals surface area contributed by atoms with Crippen molar-refractivity contribution in [2.45, 2.75) is 92.4 Å². The molecule has 248 valence electrons. The van der Waals surface area contributed by atoms with Crippen LogP contribution in [0.3, 0.4) is 0 Å². The van der Waals surface area contributed by atoms with Crippen LogP contribution in [0.2, 0.25) is 0 Å². The van der Waals surface area contributed by atoms with E-state index in [9.17, 15) is 40.5 Å². The van der Waals surface area contributed by atoms with Gasteiger partial charge in [0, 0.05) is 12.0 Å². The number of rotatable bonds is 9. The third kappa shape index (κ3) is 6.04. The first kappa shape index (κ1) is 32.4. The molecule has 4 heterocycles. The molecular weight excluding hydrogens is 600 g/mol. The summed E-state index contributed by atoms with van der Waals surface area (Å²) in [5.41, 5.74) is -0.452. The molecule has 15 nitrogen and oxygen atoms in total. The molecule has 4 aliphatic heterocycles. The van der Waals surface area contributed by atoms with E-state index in [1.165, 1.54) is 19.3 Å². The number of carbonyl (C=O) groups excluding carboxylic acids is 1. The average molecular weight is 639 g/mol. The third-order valence-electron chi connectivity index (χ3n) is 9.10. The van der Waals surface area contributed by atoms with Gasteiger partial charge in [-0.3, -0.25) is 0 Å². The summed E-state index contributed by atoms with van der Waals surface area (Å²) in [6.45, 7) is 0.587. The minimum Gasteiger partial charge on any atom is -0.472 e. The molecular formula is C30H38O15. The Morgan fingerprint density at radius 2 is 1.58 bits per heavy atom. The predicted molar refractivity (Wildman–Crippen MR) is 147 cm³/mol. The zero-order chi connectivity index (χ0) is 32.0. The average Bonchev–Trinajstić information content (AvgIpc) is 3.71. The first-order valence-electron chi connectivity index (χ1n) is 14.8. The molecule has 1 saturated carbocycles. The fourth-order valence-corrected chi connectivity index (χ4v) is 6.53. The standard InChI is InChI=1S/C30H38O15/c1-13-19(33)21(35)23(37)28(41-13)43-25-15-9-10-39-27(44-29-24(38)22(36)20(34)16(11-31)42-29)18(15)30(26(25)45-30)12-40-17(32)8-7-14-5-3-2-4-6-14/h2-10,13,15-16,18-29,31,33-38H,11-12H2,1H3/t13-,15+,16+,18+,19-,20+,21+,22-,23+,24+,25-,26-,27-,28-,29-,30+/m0/s1. The summed E-state index contributed by atoms with van der Waals surface area (Å²) in [4.78, 5) is 12.7. The summed E-state index contributed by atoms with van der Waals surface area (Å²) < 4.78 is 40.8. The first-order valence-corrected chi connectivity index (χ1v) is 14.8. The number of fused-ring (bicyclic) bond motifs is 3. The molecule has 7 N–H and O–H groups in total. The van der Waals surface area contributed by atoms with Crippen molar-refractivity contribution in [2.75, 3.05) is 13.2 Å². The van der Waals surface area contributed by atoms with Crippen molar-refractivity contribution in [1.29, 1.82) is 0 Å². The molecule has 1 aromatic carbocycles. The summed E-state index contributed by atoms with van der Waals surface area (Å²) in [5.74, 6) is -2.00. The lowest BCUT2D eigenvalue weighted by Crippen LogP contribution is -2.60. The van der Waals surface area contributed by atoms with Crippen molar-refractivity contribution >= 4 is 12.0 Å². The Labute approximate surface area is 257 Å². The Balaban J connectivity index is 1.23. The molecule has 1 aromatic rings. The summed E-state index contributed by atoms with van der Waals surface area (Å²) in [6.07, 6.45) is -11.4. The van der Waals surface area contributed by atoms with Gasteiger partial charge in [-0.1, -0.05) is 30.3 Å². The van der Waals surface area contributed by atoms with E-state index in [1.807, 2.05) is 30.3 Å². The highest BCUT2D eigenvalue weighted by Crippen LogP contribution is 2.61. The van der Waals surface area contributed by atoms with Gasteiger partial charge in [-0.15, -0.1) is 0 Å². The summed E-state index contributed by atoms with van der Waals surface area (Å²) in [6, 6.07) is 9.13. The number of esters is 1. The van der Waals surface area contributed by atoms with E-state index in [1.54, 1.807) is 12.2 Å². The molecule has 0 bridgehead atoms. The van der Waals surface area contributed by atoms with Gasteiger partial charge in [0.1, 0.15) is 61.0 Å². The van der Waals surface area contributed by atoms with Crippen LogP contribution in [0.5, 0.6) is 0 Å². The van der Waals surface area contributed by atoms with Crippen molar-refractivity contribution in [3.63, 3.8) is 0 Å². The molecule has 0 spiro atoms. The second-order valence-corrected chi connectivity index (χ2v) is 11.9. The Bertz CT molecular complexity index is 1240. The number of benzene rings is 1. The molecule has 45 heavy (non-hydrogen) atoms. The molecule has 0 unspecified atom stereocenters. The fourth-order valence-electron chi connectivity index (χ4n) is 6.53. The number of hydrogen-bond donors (Lipinski definition) is 7. The molecule has 0 amide bonds. The Morgan fingerprint density at radius 3 is 2.29 bits per heavy atom. The first-order chi connectivity index (χ1) is 21.6. The van der Waals surface area contributed by atoms with Crippen molar-refractivity contribution in [1.82, 2.24) is 0 Å². The second kappa shape index (κ2) is 12.9. The number of ether oxygens (including phenoxy) is 7. The molecule has 16 atom stereocenters. The molecule has 6 rings (SSSR count). The summed E-state index contributed by atoms with van der Waals surface area (Å²) in [5, 5.41) is 71.7. The maximum absolute atomic E-state index is 12.7. The lowest BCUT2D eigenvalue weighted by molar-refractivity contribution is -0.347. The van der Waals surface area contributed by atoms with Crippen molar-refractivity contribution in [3.05, 3.63) is 54.3 Å². The van der Waals surface area contributed by atoms with Gasteiger partial charge < -0.3 is 68.9 Å². The zero-order valence-corrected chi connectivity index (χ0v) is 24.2. The second-order valence-electron chi connectivity index (χ2n) is 11.9. The Morgan fingerprint density at radius 1 is 0.889 bits per heavy atom. The van der Waals surface area contributed by atoms with Gasteiger partial charge in [0.25, 0.3) is 0 Å². The Kier molecular flexibility index (Phi) is 9.33. The zero-order valence-electron chi connectivity index (χ0n) is 24.2. The van der Waals surface area contributed by atoms with Gasteiger partial charge in [-0.25, -0.2) is 4.79 Å². The lowest BCUT2D eigenvalue weighted by atomic mass is 9.85. The minimum absolute atomic E-state index is 0.270. The maximum atomic E-state index is 12.7. The van der Waals surface area contributed by atoms with Crippen molar-refractivity contribution < 1.29 is 73.7 Å². The molecule has 5 aliphatic rings. The molecule has 3 saturated heterocycles. The molecule has 15 heteroatoms. The summed E-state index contributed by atoms with van der Waals surface area (Å²) in [7, 11) is 0. The fraction of sp³-hybridized carbons (Fsp3) is 0.633. The highest BCUT2D eigenvalue weighted by molar-refractivity contribution is 5.87. The van der Waals surface area contributed by atoms with Crippen LogP contribution in [-0.2, 0) is 38.0 Å². The number of carbonyl (C=O) groups is 1. The van der Waals surface area contributed by atoms with E-state index in [0.717, 1.165) is 5.56 Å². The normalized spacial score (nSPS) is 47.2. The number of aliphatic hydroxyl groups is 7. The van der Waals surface area contributed by atoms with Crippen molar-refractivity contribution in [3.8, 4) is 0 Å². The van der Waals surface area contributed by atoms with Crippen molar-refractivity contribution in [2.24, 2.45) is 11.8 Å². The lowest BCUT2D eigenvalue weighted by Gasteiger charge is -2.44. The van der Waals surface area contributed by atoms with E-state index >= 15 is 0 Å². The van der Waals surface area contributed by atoms with Gasteiger partial charge in [0.05, 0.1) is 31.0 Å². The van der Waals surface area contributed by atoms with Gasteiger partial charge in [-0.05, 0) is 24.6 Å². The smallest absolute Gasteiger partial charge is 0.330 e. The predicted octanol–water partition coefficient (Wildman–Crippen LogP) is -2.47. The van der Waals surface area contributed by atoms with E-state index in [-0.39, 0.29) is 6.61 Å². The SMILES string of the molecule is C[C@@H]1O[C@@H](O[C@H]2[C@@H]3C=CO[C@@H](O[C@@H]4O[C@H](CO)[C@@H](O)[C@H](O)[C@H]4O)[C@@H]3[C@@]3(COC(=O)C=Cc4ccccc4)O[C@@H]23)[C@H](O)[C@H](O)[C@H]1O. The van der Waals surface area contributed by atoms with Crippen LogP contribution in [0.1, 0.15) is 12.5 Å². The van der Waals surface area contributed by atoms with Crippen LogP contribution < -0.4 is 0 Å². The quantitative estimate of drug-likeness (QED) is 0.0845. The monoisotopic (exact) mass is 638 g/mol. The third-order valence-corrected chi connectivity index (χ3v) is 9.10. The topological polar surface area (TPSA) is 227 Å². The van der Waals surface area contributed by atoms with Crippen LogP contribution in [-0.4, -0.2) is 140 Å². The highest BCUT2D eigenvalue weighted by atomic mass is 16.8. The highest BCUT2D eigenvalue weighted by Gasteiger charge is 2.77. The van der Waals surface area contributed by atoms with E-state index < -0.39 is 110 Å². The van der Waals surface area contributed by atoms with Crippen LogP contribution in [0, 0.1) is 11.8 Å². The van der Waals surface area contributed by atoms with Crippen LogP contribution in [0.4, 0.5) is 0 Å². The molecule has 0 aromatic heterocycles. The van der Waals surface area contributed by atoms with Gasteiger partial charge in [0.2, 0.25) is 6.29 Å². The number of epoxide rings is 1. The molecule has 0 radical (unpaired) electrons. The van der Waals surface area contributed by atoms with Gasteiger partial charge in [0.15, 0.2) is 12.6 Å². The van der Waals surface area contributed by atoms with E-state index in [0.29, 0.717) is 0 Å². The van der Waals surface area contributed by atoms with Crippen LogP contribution in [0.25, 0.3) is 6.08 Å². The number of hydrogen-bond acceptors (Lipinski definition) is 15. The maximum Gasteiger partial charge on any atom is 0.330 e. The summed E-state index contributed by atoms with van der Waals surface area (Å²) >= 11 is 0. The van der Waals surface area contributed by atoms with E-state index in [2.05, 4.69) is 0 Å². The van der Waals surface area contributed by atoms with Crippen LogP contribution >= 0.6 is 0 Å². The molecule has 4 fully saturated rings. The van der Waals surface area contributed by atoms with Gasteiger partial charge >= 0.3 is 5.97 Å². The van der Waals surface area contributed by atoms with E-state index in [4.69, 9.17) is 33.2 Å². The minimum atomic E-state index is -1.71. The largest absolute Gasteiger partial charge is 0.472 e. The Hall–Kier alpha value is -2.51. The number of aliphatic hydroxyl groups excluding tert-OH is 7. The molecule has 1 aliphatic carbocycles. The van der Waals surface area contributed by atoms with Gasteiger partial charge in [-0.2, -0.15) is 0 Å². The van der Waals surface area contributed by atoms with Crippen LogP contribution in [0.15, 0.2) is 48.7 Å².